The lowest BCUT2D eigenvalue weighted by atomic mass is 10.2. The minimum Gasteiger partial charge on any atom is -0.492 e. The highest BCUT2D eigenvalue weighted by atomic mass is 32.1. The summed E-state index contributed by atoms with van der Waals surface area (Å²) >= 11 is 5.33. The van der Waals surface area contributed by atoms with Gasteiger partial charge in [-0.3, -0.25) is 4.79 Å². The fraction of sp³-hybridized carbons (Fsp3) is 0.176. The number of carbonyl (C=O) groups excluding carboxylic acids is 1. The number of carbonyl (C=O) groups is 1. The number of ether oxygens (including phenoxy) is 1. The third-order valence-corrected chi connectivity index (χ3v) is 3.08. The number of anilines is 3. The van der Waals surface area contributed by atoms with Crippen LogP contribution < -0.4 is 20.7 Å². The van der Waals surface area contributed by atoms with Gasteiger partial charge in [0.15, 0.2) is 5.11 Å². The molecule has 0 unspecified atom stereocenters. The van der Waals surface area contributed by atoms with E-state index in [4.69, 9.17) is 17.0 Å². The SMILES string of the molecule is CCOc1ccccc1NC(=S)Nc1cccc(NC(C)=O)c1. The quantitative estimate of drug-likeness (QED) is 0.727. The second kappa shape index (κ2) is 8.14. The minimum absolute atomic E-state index is 0.117. The monoisotopic (exact) mass is 329 g/mol. The van der Waals surface area contributed by atoms with E-state index in [0.29, 0.717) is 17.4 Å². The lowest BCUT2D eigenvalue weighted by Crippen LogP contribution is -2.19. The van der Waals surface area contributed by atoms with Gasteiger partial charge in [0.2, 0.25) is 5.91 Å². The molecule has 120 valence electrons. The van der Waals surface area contributed by atoms with Gasteiger partial charge in [-0.25, -0.2) is 0 Å². The molecule has 0 aliphatic carbocycles. The van der Waals surface area contributed by atoms with Crippen molar-refractivity contribution in [2.75, 3.05) is 22.6 Å². The van der Waals surface area contributed by atoms with Crippen LogP contribution in [0, 0.1) is 0 Å². The summed E-state index contributed by atoms with van der Waals surface area (Å²) in [5, 5.41) is 9.37. The zero-order valence-electron chi connectivity index (χ0n) is 13.1. The van der Waals surface area contributed by atoms with E-state index in [1.54, 1.807) is 0 Å². The van der Waals surface area contributed by atoms with Gasteiger partial charge in [-0.2, -0.15) is 0 Å². The Morgan fingerprint density at radius 2 is 1.74 bits per heavy atom. The third kappa shape index (κ3) is 5.27. The number of nitrogens with one attached hydrogen (secondary N) is 3. The Kier molecular flexibility index (Phi) is 5.94. The standard InChI is InChI=1S/C17H19N3O2S/c1-3-22-16-10-5-4-9-15(16)20-17(23)19-14-8-6-7-13(11-14)18-12(2)21/h4-11H,3H2,1-2H3,(H,18,21)(H2,19,20,23). The van der Waals surface area contributed by atoms with Gasteiger partial charge in [0, 0.05) is 18.3 Å². The number of rotatable bonds is 5. The molecule has 0 saturated carbocycles. The first kappa shape index (κ1) is 16.8. The summed E-state index contributed by atoms with van der Waals surface area (Å²) in [5.74, 6) is 0.625. The molecular formula is C17H19N3O2S. The Morgan fingerprint density at radius 1 is 1.04 bits per heavy atom. The predicted molar refractivity (Wildman–Crippen MR) is 98.2 cm³/mol. The van der Waals surface area contributed by atoms with Gasteiger partial charge < -0.3 is 20.7 Å². The Bertz CT molecular complexity index is 704. The van der Waals surface area contributed by atoms with Crippen LogP contribution in [0.15, 0.2) is 48.5 Å². The first-order valence-corrected chi connectivity index (χ1v) is 7.67. The van der Waals surface area contributed by atoms with Gasteiger partial charge in [-0.1, -0.05) is 18.2 Å². The van der Waals surface area contributed by atoms with Crippen molar-refractivity contribution in [3.05, 3.63) is 48.5 Å². The fourth-order valence-electron chi connectivity index (χ4n) is 2.01. The summed E-state index contributed by atoms with van der Waals surface area (Å²) in [4.78, 5) is 11.1. The summed E-state index contributed by atoms with van der Waals surface area (Å²) < 4.78 is 5.55. The van der Waals surface area contributed by atoms with Crippen LogP contribution in [0.25, 0.3) is 0 Å². The highest BCUT2D eigenvalue weighted by Crippen LogP contribution is 2.24. The molecule has 1 amide bonds. The molecule has 2 rings (SSSR count). The Morgan fingerprint density at radius 3 is 2.43 bits per heavy atom. The largest absolute Gasteiger partial charge is 0.492 e. The van der Waals surface area contributed by atoms with E-state index < -0.39 is 0 Å². The molecule has 0 spiro atoms. The fourth-order valence-corrected chi connectivity index (χ4v) is 2.24. The molecule has 0 heterocycles. The van der Waals surface area contributed by atoms with E-state index in [-0.39, 0.29) is 5.91 Å². The van der Waals surface area contributed by atoms with Gasteiger partial charge in [0.1, 0.15) is 5.75 Å². The molecule has 0 atom stereocenters. The van der Waals surface area contributed by atoms with Crippen molar-refractivity contribution in [2.45, 2.75) is 13.8 Å². The van der Waals surface area contributed by atoms with E-state index >= 15 is 0 Å². The molecule has 23 heavy (non-hydrogen) atoms. The zero-order chi connectivity index (χ0) is 16.7. The summed E-state index contributed by atoms with van der Waals surface area (Å²) in [7, 11) is 0. The number of amides is 1. The van der Waals surface area contributed by atoms with Crippen LogP contribution >= 0.6 is 12.2 Å². The van der Waals surface area contributed by atoms with Crippen LogP contribution in [0.4, 0.5) is 17.1 Å². The molecule has 3 N–H and O–H groups in total. The highest BCUT2D eigenvalue weighted by molar-refractivity contribution is 7.80. The number of benzene rings is 2. The second-order valence-electron chi connectivity index (χ2n) is 4.77. The highest BCUT2D eigenvalue weighted by Gasteiger charge is 2.05. The average Bonchev–Trinajstić information content (AvgIpc) is 2.49. The van der Waals surface area contributed by atoms with Gasteiger partial charge in [0.05, 0.1) is 12.3 Å². The number of thiocarbonyl (C=S) groups is 1. The minimum atomic E-state index is -0.117. The number of hydrogen-bond donors (Lipinski definition) is 3. The van der Waals surface area contributed by atoms with Crippen molar-refractivity contribution in [3.63, 3.8) is 0 Å². The molecule has 0 bridgehead atoms. The first-order chi connectivity index (χ1) is 11.1. The second-order valence-corrected chi connectivity index (χ2v) is 5.18. The van der Waals surface area contributed by atoms with Crippen molar-refractivity contribution in [3.8, 4) is 5.75 Å². The topological polar surface area (TPSA) is 62.4 Å². The van der Waals surface area contributed by atoms with E-state index in [1.807, 2.05) is 55.5 Å². The molecule has 6 heteroatoms. The summed E-state index contributed by atoms with van der Waals surface area (Å²) in [6.45, 7) is 3.98. The molecule has 0 radical (unpaired) electrons. The third-order valence-electron chi connectivity index (χ3n) is 2.88. The number of para-hydroxylation sites is 2. The van der Waals surface area contributed by atoms with Crippen molar-refractivity contribution >= 4 is 40.3 Å². The van der Waals surface area contributed by atoms with Crippen LogP contribution in [0.1, 0.15) is 13.8 Å². The molecular weight excluding hydrogens is 310 g/mol. The maximum absolute atomic E-state index is 11.1. The summed E-state index contributed by atoms with van der Waals surface area (Å²) in [6, 6.07) is 14.9. The lowest BCUT2D eigenvalue weighted by Gasteiger charge is -2.14. The predicted octanol–water partition coefficient (Wildman–Crippen LogP) is 3.85. The number of hydrogen-bond acceptors (Lipinski definition) is 3. The van der Waals surface area contributed by atoms with Crippen LogP contribution in [0.5, 0.6) is 5.75 Å². The zero-order valence-corrected chi connectivity index (χ0v) is 13.9. The molecule has 2 aromatic rings. The van der Waals surface area contributed by atoms with Crippen molar-refractivity contribution in [1.29, 1.82) is 0 Å². The Labute approximate surface area is 141 Å². The maximum atomic E-state index is 11.1. The smallest absolute Gasteiger partial charge is 0.221 e. The van der Waals surface area contributed by atoms with Crippen LogP contribution in [0.3, 0.4) is 0 Å². The van der Waals surface area contributed by atoms with E-state index in [1.165, 1.54) is 6.92 Å². The van der Waals surface area contributed by atoms with Crippen LogP contribution in [-0.2, 0) is 4.79 Å². The van der Waals surface area contributed by atoms with Crippen molar-refractivity contribution < 1.29 is 9.53 Å². The Hall–Kier alpha value is -2.60. The maximum Gasteiger partial charge on any atom is 0.221 e. The van der Waals surface area contributed by atoms with Gasteiger partial charge in [0.25, 0.3) is 0 Å². The lowest BCUT2D eigenvalue weighted by molar-refractivity contribution is -0.114. The van der Waals surface area contributed by atoms with E-state index in [9.17, 15) is 4.79 Å². The summed E-state index contributed by atoms with van der Waals surface area (Å²) in [6.07, 6.45) is 0. The van der Waals surface area contributed by atoms with Gasteiger partial charge in [-0.05, 0) is 49.5 Å². The molecule has 0 fully saturated rings. The van der Waals surface area contributed by atoms with Gasteiger partial charge in [-0.15, -0.1) is 0 Å². The Balaban J connectivity index is 2.04. The average molecular weight is 329 g/mol. The molecule has 0 aliphatic rings. The van der Waals surface area contributed by atoms with E-state index in [2.05, 4.69) is 16.0 Å². The molecule has 0 aliphatic heterocycles. The molecule has 2 aromatic carbocycles. The van der Waals surface area contributed by atoms with Crippen molar-refractivity contribution in [2.24, 2.45) is 0 Å². The normalized spacial score (nSPS) is 9.83. The summed E-state index contributed by atoms with van der Waals surface area (Å²) in [5.41, 5.74) is 2.28. The van der Waals surface area contributed by atoms with E-state index in [0.717, 1.165) is 17.1 Å². The van der Waals surface area contributed by atoms with Crippen molar-refractivity contribution in [1.82, 2.24) is 0 Å². The van der Waals surface area contributed by atoms with Crippen LogP contribution in [0.2, 0.25) is 0 Å². The molecule has 0 aromatic heterocycles. The van der Waals surface area contributed by atoms with Crippen LogP contribution in [-0.4, -0.2) is 17.6 Å². The molecule has 5 nitrogen and oxygen atoms in total. The molecule has 0 saturated heterocycles. The van der Waals surface area contributed by atoms with Gasteiger partial charge >= 0.3 is 0 Å². The first-order valence-electron chi connectivity index (χ1n) is 7.26.